The number of carbonyl (C=O) groups is 2. The van der Waals surface area contributed by atoms with Crippen molar-refractivity contribution in [1.29, 1.82) is 0 Å². The second-order valence-electron chi connectivity index (χ2n) is 5.25. The number of thiophene rings is 2. The van der Waals surface area contributed by atoms with E-state index in [0.717, 1.165) is 19.3 Å². The highest BCUT2D eigenvalue weighted by molar-refractivity contribution is 7.12. The maximum Gasteiger partial charge on any atom is 0.264 e. The smallest absolute Gasteiger partial charge is 0.264 e. The quantitative estimate of drug-likeness (QED) is 0.914. The van der Waals surface area contributed by atoms with E-state index in [9.17, 15) is 9.59 Å². The van der Waals surface area contributed by atoms with Gasteiger partial charge in [0, 0.05) is 18.0 Å². The number of likely N-dealkylation sites (tertiary alicyclic amines) is 1. The molecule has 3 heterocycles. The van der Waals surface area contributed by atoms with Crippen molar-refractivity contribution in [3.8, 4) is 0 Å². The number of nitrogens with zero attached hydrogens (tertiary/aromatic N) is 1. The molecule has 1 saturated heterocycles. The fourth-order valence-electron chi connectivity index (χ4n) is 2.71. The summed E-state index contributed by atoms with van der Waals surface area (Å²) in [5.74, 6) is -0.0510. The Kier molecular flexibility index (Phi) is 4.90. The van der Waals surface area contributed by atoms with Crippen molar-refractivity contribution in [2.24, 2.45) is 0 Å². The predicted molar refractivity (Wildman–Crippen MR) is 89.4 cm³/mol. The van der Waals surface area contributed by atoms with Gasteiger partial charge in [-0.3, -0.25) is 9.59 Å². The summed E-state index contributed by atoms with van der Waals surface area (Å²) < 4.78 is 0. The van der Waals surface area contributed by atoms with Crippen LogP contribution >= 0.6 is 22.7 Å². The second kappa shape index (κ2) is 7.07. The lowest BCUT2D eigenvalue weighted by molar-refractivity contribution is -0.124. The summed E-state index contributed by atoms with van der Waals surface area (Å²) >= 11 is 3.12. The first-order valence-corrected chi connectivity index (χ1v) is 9.16. The van der Waals surface area contributed by atoms with Crippen molar-refractivity contribution in [2.45, 2.75) is 25.3 Å². The summed E-state index contributed by atoms with van der Waals surface area (Å²) in [6.07, 6.45) is 2.48. The Labute approximate surface area is 137 Å². The molecular weight excluding hydrogens is 316 g/mol. The highest BCUT2D eigenvalue weighted by Gasteiger charge is 2.34. The first kappa shape index (κ1) is 15.2. The van der Waals surface area contributed by atoms with Crippen LogP contribution in [0.2, 0.25) is 0 Å². The molecule has 1 atom stereocenters. The lowest BCUT2D eigenvalue weighted by atomic mass is 10.2. The zero-order chi connectivity index (χ0) is 15.4. The maximum atomic E-state index is 12.4. The van der Waals surface area contributed by atoms with Crippen LogP contribution < -0.4 is 5.32 Å². The first-order chi connectivity index (χ1) is 10.8. The number of hydrogen-bond donors (Lipinski definition) is 1. The lowest BCUT2D eigenvalue weighted by Crippen LogP contribution is -2.46. The largest absolute Gasteiger partial charge is 0.354 e. The molecule has 22 heavy (non-hydrogen) atoms. The van der Waals surface area contributed by atoms with Crippen molar-refractivity contribution >= 4 is 34.5 Å². The summed E-state index contributed by atoms with van der Waals surface area (Å²) in [5.41, 5.74) is 0. The summed E-state index contributed by atoms with van der Waals surface area (Å²) in [4.78, 5) is 28.5. The van der Waals surface area contributed by atoms with E-state index >= 15 is 0 Å². The zero-order valence-corrected chi connectivity index (χ0v) is 13.8. The lowest BCUT2D eigenvalue weighted by Gasteiger charge is -2.23. The summed E-state index contributed by atoms with van der Waals surface area (Å²) in [7, 11) is 0. The third-order valence-corrected chi connectivity index (χ3v) is 5.59. The minimum Gasteiger partial charge on any atom is -0.354 e. The molecule has 0 unspecified atom stereocenters. The minimum absolute atomic E-state index is 0.0223. The molecule has 2 aromatic rings. The molecule has 2 aromatic heterocycles. The topological polar surface area (TPSA) is 49.4 Å². The molecule has 0 radical (unpaired) electrons. The summed E-state index contributed by atoms with van der Waals surface area (Å²) in [6, 6.07) is 7.44. The van der Waals surface area contributed by atoms with Gasteiger partial charge in [0.2, 0.25) is 5.91 Å². The van der Waals surface area contributed by atoms with Gasteiger partial charge in [-0.2, -0.15) is 0 Å². The molecule has 0 aromatic carbocycles. The fraction of sp³-hybridized carbons (Fsp3) is 0.375. The van der Waals surface area contributed by atoms with Gasteiger partial charge in [0.15, 0.2) is 0 Å². The van der Waals surface area contributed by atoms with Gasteiger partial charge in [0.1, 0.15) is 6.04 Å². The number of hydrogen-bond acceptors (Lipinski definition) is 4. The van der Waals surface area contributed by atoms with E-state index in [-0.39, 0.29) is 17.9 Å². The maximum absolute atomic E-state index is 12.4. The van der Waals surface area contributed by atoms with Crippen molar-refractivity contribution in [3.63, 3.8) is 0 Å². The molecule has 3 rings (SSSR count). The monoisotopic (exact) mass is 334 g/mol. The van der Waals surface area contributed by atoms with Crippen LogP contribution in [0.5, 0.6) is 0 Å². The van der Waals surface area contributed by atoms with Crippen molar-refractivity contribution in [2.75, 3.05) is 13.1 Å². The van der Waals surface area contributed by atoms with Gasteiger partial charge in [0.25, 0.3) is 5.91 Å². The molecule has 0 saturated carbocycles. The van der Waals surface area contributed by atoms with Crippen molar-refractivity contribution in [3.05, 3.63) is 44.8 Å². The second-order valence-corrected chi connectivity index (χ2v) is 7.23. The van der Waals surface area contributed by atoms with Crippen LogP contribution in [0.3, 0.4) is 0 Å². The third-order valence-electron chi connectivity index (χ3n) is 3.80. The van der Waals surface area contributed by atoms with Crippen molar-refractivity contribution in [1.82, 2.24) is 10.2 Å². The average Bonchev–Trinajstić information content (AvgIpc) is 3.26. The van der Waals surface area contributed by atoms with Crippen LogP contribution in [-0.2, 0) is 11.2 Å². The molecule has 1 N–H and O–H groups in total. The Morgan fingerprint density at radius 3 is 2.77 bits per heavy atom. The van der Waals surface area contributed by atoms with Crippen LogP contribution in [0.4, 0.5) is 0 Å². The molecule has 1 aliphatic heterocycles. The average molecular weight is 334 g/mol. The third kappa shape index (κ3) is 3.39. The Hall–Kier alpha value is -1.66. The minimum atomic E-state index is -0.321. The molecule has 2 amide bonds. The van der Waals surface area contributed by atoms with Gasteiger partial charge in [-0.1, -0.05) is 12.1 Å². The van der Waals surface area contributed by atoms with E-state index in [1.165, 1.54) is 16.2 Å². The predicted octanol–water partition coefficient (Wildman–Crippen LogP) is 2.77. The number of carbonyl (C=O) groups excluding carboxylic acids is 2. The van der Waals surface area contributed by atoms with E-state index in [4.69, 9.17) is 0 Å². The van der Waals surface area contributed by atoms with Gasteiger partial charge in [-0.05, 0) is 42.2 Å². The van der Waals surface area contributed by atoms with Gasteiger partial charge >= 0.3 is 0 Å². The molecule has 116 valence electrons. The van der Waals surface area contributed by atoms with Gasteiger partial charge in [0.05, 0.1) is 4.88 Å². The first-order valence-electron chi connectivity index (χ1n) is 7.40. The Balaban J connectivity index is 1.55. The van der Waals surface area contributed by atoms with Crippen LogP contribution in [0.15, 0.2) is 35.0 Å². The van der Waals surface area contributed by atoms with Crippen LogP contribution in [0.25, 0.3) is 0 Å². The molecule has 0 aliphatic carbocycles. The number of nitrogens with one attached hydrogen (secondary N) is 1. The Morgan fingerprint density at radius 1 is 1.23 bits per heavy atom. The summed E-state index contributed by atoms with van der Waals surface area (Å²) in [6.45, 7) is 1.29. The number of rotatable bonds is 5. The molecule has 0 spiro atoms. The molecule has 0 bridgehead atoms. The Morgan fingerprint density at radius 2 is 2.05 bits per heavy atom. The van der Waals surface area contributed by atoms with Crippen LogP contribution in [0.1, 0.15) is 27.4 Å². The fourth-order valence-corrected chi connectivity index (χ4v) is 4.09. The highest BCUT2D eigenvalue weighted by atomic mass is 32.1. The SMILES string of the molecule is O=C(NCCc1cccs1)[C@@H]1CCCN1C(=O)c1cccs1. The van der Waals surface area contributed by atoms with Crippen LogP contribution in [-0.4, -0.2) is 35.8 Å². The van der Waals surface area contributed by atoms with E-state index < -0.39 is 0 Å². The molecule has 1 aliphatic rings. The number of amides is 2. The van der Waals surface area contributed by atoms with Gasteiger partial charge < -0.3 is 10.2 Å². The molecular formula is C16H18N2O2S2. The highest BCUT2D eigenvalue weighted by Crippen LogP contribution is 2.22. The van der Waals surface area contributed by atoms with E-state index in [1.54, 1.807) is 16.2 Å². The Bertz CT molecular complexity index is 623. The van der Waals surface area contributed by atoms with Gasteiger partial charge in [-0.15, -0.1) is 22.7 Å². The van der Waals surface area contributed by atoms with E-state index in [1.807, 2.05) is 29.0 Å². The van der Waals surface area contributed by atoms with E-state index in [2.05, 4.69) is 11.4 Å². The molecule has 4 nitrogen and oxygen atoms in total. The van der Waals surface area contributed by atoms with E-state index in [0.29, 0.717) is 18.0 Å². The van der Waals surface area contributed by atoms with Crippen LogP contribution in [0, 0.1) is 0 Å². The molecule has 6 heteroatoms. The zero-order valence-electron chi connectivity index (χ0n) is 12.2. The summed E-state index contributed by atoms with van der Waals surface area (Å²) in [5, 5.41) is 6.90. The normalized spacial score (nSPS) is 17.6. The molecule has 1 fully saturated rings. The van der Waals surface area contributed by atoms with Gasteiger partial charge in [-0.25, -0.2) is 0 Å². The van der Waals surface area contributed by atoms with Crippen molar-refractivity contribution < 1.29 is 9.59 Å². The standard InChI is InChI=1S/C16H18N2O2S2/c19-15(17-8-7-12-4-2-10-21-12)13-5-1-9-18(13)16(20)14-6-3-11-22-14/h2-4,6,10-11,13H,1,5,7-9H2,(H,17,19)/t13-/m0/s1.